The van der Waals surface area contributed by atoms with Gasteiger partial charge in [0.15, 0.2) is 0 Å². The Morgan fingerprint density at radius 2 is 2.41 bits per heavy atom. The number of hydrogen-bond acceptors (Lipinski definition) is 3. The number of hydrogen-bond donors (Lipinski definition) is 1. The number of anilines is 1. The van der Waals surface area contributed by atoms with Crippen LogP contribution in [0, 0.1) is 0 Å². The summed E-state index contributed by atoms with van der Waals surface area (Å²) >= 11 is 1.64. The lowest BCUT2D eigenvalue weighted by atomic mass is 10.2. The molecule has 92 valence electrons. The smallest absolute Gasteiger partial charge is 0.322 e. The zero-order valence-corrected chi connectivity index (χ0v) is 11.0. The molecule has 2 heterocycles. The summed E-state index contributed by atoms with van der Waals surface area (Å²) in [6, 6.07) is 4.09. The lowest BCUT2D eigenvalue weighted by molar-refractivity contribution is 0.210. The maximum atomic E-state index is 11.9. The largest absolute Gasteiger partial charge is 0.323 e. The first-order valence-electron chi connectivity index (χ1n) is 5.78. The lowest BCUT2D eigenvalue weighted by Crippen LogP contribution is -2.37. The minimum Gasteiger partial charge on any atom is -0.322 e. The van der Waals surface area contributed by atoms with Crippen LogP contribution < -0.4 is 5.32 Å². The van der Waals surface area contributed by atoms with Crippen LogP contribution in [0.2, 0.25) is 0 Å². The molecule has 0 saturated carbocycles. The molecule has 0 spiro atoms. The number of urea groups is 1. The number of nitrogens with zero attached hydrogens (tertiary/aromatic N) is 2. The molecule has 17 heavy (non-hydrogen) atoms. The predicted molar refractivity (Wildman–Crippen MR) is 70.4 cm³/mol. The van der Waals surface area contributed by atoms with Gasteiger partial charge in [0.2, 0.25) is 0 Å². The van der Waals surface area contributed by atoms with Gasteiger partial charge in [-0.3, -0.25) is 5.32 Å². The number of carbonyl (C=O) groups is 1. The van der Waals surface area contributed by atoms with Crippen LogP contribution in [0.15, 0.2) is 23.2 Å². The second-order valence-corrected chi connectivity index (χ2v) is 5.08. The Balaban J connectivity index is 1.97. The quantitative estimate of drug-likeness (QED) is 0.822. The van der Waals surface area contributed by atoms with E-state index in [1.807, 2.05) is 23.3 Å². The minimum absolute atomic E-state index is 0.0422. The van der Waals surface area contributed by atoms with Crippen LogP contribution in [0.4, 0.5) is 10.6 Å². The highest BCUT2D eigenvalue weighted by Gasteiger charge is 2.25. The molecule has 1 aromatic rings. The van der Waals surface area contributed by atoms with Crippen molar-refractivity contribution in [3.05, 3.63) is 18.3 Å². The van der Waals surface area contributed by atoms with Gasteiger partial charge in [-0.15, -0.1) is 11.8 Å². The summed E-state index contributed by atoms with van der Waals surface area (Å²) in [7, 11) is 0. The Kier molecular flexibility index (Phi) is 3.89. The Labute approximate surface area is 106 Å². The third-order valence-corrected chi connectivity index (χ3v) is 3.73. The SMILES string of the molecule is CSc1ccc(NC(=O)N2CCCC2C)nc1. The van der Waals surface area contributed by atoms with Gasteiger partial charge < -0.3 is 4.90 Å². The van der Waals surface area contributed by atoms with Gasteiger partial charge in [0.25, 0.3) is 0 Å². The van der Waals surface area contributed by atoms with Crippen molar-refractivity contribution >= 4 is 23.6 Å². The third-order valence-electron chi connectivity index (χ3n) is 3.02. The lowest BCUT2D eigenvalue weighted by Gasteiger charge is -2.21. The molecule has 0 bridgehead atoms. The maximum Gasteiger partial charge on any atom is 0.323 e. The number of nitrogens with one attached hydrogen (secondary N) is 1. The molecule has 1 aliphatic heterocycles. The van der Waals surface area contributed by atoms with E-state index in [4.69, 9.17) is 0 Å². The van der Waals surface area contributed by atoms with Gasteiger partial charge in [0.05, 0.1) is 0 Å². The van der Waals surface area contributed by atoms with E-state index in [-0.39, 0.29) is 6.03 Å². The van der Waals surface area contributed by atoms with Crippen LogP contribution in [0.25, 0.3) is 0 Å². The highest BCUT2D eigenvalue weighted by Crippen LogP contribution is 2.18. The fourth-order valence-corrected chi connectivity index (χ4v) is 2.35. The summed E-state index contributed by atoms with van der Waals surface area (Å²) in [4.78, 5) is 19.1. The first kappa shape index (κ1) is 12.2. The Hall–Kier alpha value is -1.23. The highest BCUT2D eigenvalue weighted by molar-refractivity contribution is 7.98. The zero-order valence-electron chi connectivity index (χ0n) is 10.1. The molecule has 5 heteroatoms. The van der Waals surface area contributed by atoms with Crippen LogP contribution in [0.1, 0.15) is 19.8 Å². The molecule has 1 aromatic heterocycles. The van der Waals surface area contributed by atoms with E-state index in [1.54, 1.807) is 18.0 Å². The summed E-state index contributed by atoms with van der Waals surface area (Å²) in [5, 5.41) is 2.83. The molecule has 0 aromatic carbocycles. The third kappa shape index (κ3) is 2.91. The predicted octanol–water partition coefficient (Wildman–Crippen LogP) is 2.82. The van der Waals surface area contributed by atoms with Crippen LogP contribution in [-0.2, 0) is 0 Å². The van der Waals surface area contributed by atoms with Crippen molar-refractivity contribution in [3.63, 3.8) is 0 Å². The number of carbonyl (C=O) groups excluding carboxylic acids is 1. The van der Waals surface area contributed by atoms with Gasteiger partial charge in [0, 0.05) is 23.7 Å². The summed E-state index contributed by atoms with van der Waals surface area (Å²) in [6.45, 7) is 2.92. The number of aromatic nitrogens is 1. The van der Waals surface area contributed by atoms with Crippen molar-refractivity contribution in [2.24, 2.45) is 0 Å². The Bertz CT molecular complexity index is 393. The van der Waals surface area contributed by atoms with Gasteiger partial charge in [-0.1, -0.05) is 0 Å². The molecule has 0 radical (unpaired) electrons. The normalized spacial score (nSPS) is 19.4. The first-order chi connectivity index (χ1) is 8.20. The molecule has 4 nitrogen and oxygen atoms in total. The second-order valence-electron chi connectivity index (χ2n) is 4.20. The van der Waals surface area contributed by atoms with Gasteiger partial charge >= 0.3 is 6.03 Å². The number of rotatable bonds is 2. The van der Waals surface area contributed by atoms with E-state index >= 15 is 0 Å². The summed E-state index contributed by atoms with van der Waals surface area (Å²) < 4.78 is 0. The molecular weight excluding hydrogens is 234 g/mol. The van der Waals surface area contributed by atoms with Crippen molar-refractivity contribution in [2.75, 3.05) is 18.1 Å². The van der Waals surface area contributed by atoms with Crippen molar-refractivity contribution in [1.82, 2.24) is 9.88 Å². The summed E-state index contributed by atoms with van der Waals surface area (Å²) in [6.07, 6.45) is 5.95. The minimum atomic E-state index is -0.0422. The standard InChI is InChI=1S/C12H17N3OS/c1-9-4-3-7-15(9)12(16)14-11-6-5-10(17-2)8-13-11/h5-6,8-9H,3-4,7H2,1-2H3,(H,13,14,16). The number of amides is 2. The number of likely N-dealkylation sites (tertiary alicyclic amines) is 1. The van der Waals surface area contributed by atoms with E-state index < -0.39 is 0 Å². The summed E-state index contributed by atoms with van der Waals surface area (Å²) in [5.74, 6) is 0.618. The van der Waals surface area contributed by atoms with E-state index in [0.29, 0.717) is 11.9 Å². The van der Waals surface area contributed by atoms with Crippen LogP contribution in [-0.4, -0.2) is 34.8 Å². The maximum absolute atomic E-state index is 11.9. The molecule has 1 N–H and O–H groups in total. The van der Waals surface area contributed by atoms with Gasteiger partial charge in [-0.25, -0.2) is 9.78 Å². The Morgan fingerprint density at radius 3 is 2.94 bits per heavy atom. The molecule has 0 aliphatic carbocycles. The van der Waals surface area contributed by atoms with Crippen LogP contribution >= 0.6 is 11.8 Å². The van der Waals surface area contributed by atoms with E-state index in [2.05, 4.69) is 17.2 Å². The fourth-order valence-electron chi connectivity index (χ4n) is 1.99. The van der Waals surface area contributed by atoms with Crippen molar-refractivity contribution in [1.29, 1.82) is 0 Å². The van der Waals surface area contributed by atoms with Gasteiger partial charge in [-0.2, -0.15) is 0 Å². The summed E-state index contributed by atoms with van der Waals surface area (Å²) in [5.41, 5.74) is 0. The van der Waals surface area contributed by atoms with E-state index in [9.17, 15) is 4.79 Å². The number of pyridine rings is 1. The average molecular weight is 251 g/mol. The van der Waals surface area contributed by atoms with Crippen molar-refractivity contribution in [3.8, 4) is 0 Å². The second kappa shape index (κ2) is 5.40. The van der Waals surface area contributed by atoms with E-state index in [1.165, 1.54) is 0 Å². The molecule has 2 rings (SSSR count). The number of thioether (sulfide) groups is 1. The molecule has 1 unspecified atom stereocenters. The van der Waals surface area contributed by atoms with Crippen molar-refractivity contribution in [2.45, 2.75) is 30.7 Å². The average Bonchev–Trinajstić information content (AvgIpc) is 2.76. The molecular formula is C12H17N3OS. The Morgan fingerprint density at radius 1 is 1.59 bits per heavy atom. The fraction of sp³-hybridized carbons (Fsp3) is 0.500. The van der Waals surface area contributed by atoms with Crippen molar-refractivity contribution < 1.29 is 4.79 Å². The van der Waals surface area contributed by atoms with Crippen LogP contribution in [0.5, 0.6) is 0 Å². The molecule has 1 fully saturated rings. The topological polar surface area (TPSA) is 45.2 Å². The highest BCUT2D eigenvalue weighted by atomic mass is 32.2. The van der Waals surface area contributed by atoms with Crippen LogP contribution in [0.3, 0.4) is 0 Å². The molecule has 1 saturated heterocycles. The van der Waals surface area contributed by atoms with Gasteiger partial charge in [0.1, 0.15) is 5.82 Å². The molecule has 1 aliphatic rings. The van der Waals surface area contributed by atoms with Gasteiger partial charge in [-0.05, 0) is 38.2 Å². The van der Waals surface area contributed by atoms with E-state index in [0.717, 1.165) is 24.3 Å². The first-order valence-corrected chi connectivity index (χ1v) is 7.01. The molecule has 2 amide bonds. The monoisotopic (exact) mass is 251 g/mol. The molecule has 1 atom stereocenters. The zero-order chi connectivity index (χ0) is 12.3.